The predicted molar refractivity (Wildman–Crippen MR) is 94.3 cm³/mol. The molecule has 2 rings (SSSR count). The van der Waals surface area contributed by atoms with Crippen molar-refractivity contribution >= 4 is 11.7 Å². The summed E-state index contributed by atoms with van der Waals surface area (Å²) in [4.78, 5) is 32.5. The average Bonchev–Trinajstić information content (AvgIpc) is 2.58. The average molecular weight is 383 g/mol. The van der Waals surface area contributed by atoms with Crippen LogP contribution in [-0.4, -0.2) is 36.2 Å². The van der Waals surface area contributed by atoms with E-state index in [-0.39, 0.29) is 35.5 Å². The van der Waals surface area contributed by atoms with Crippen LogP contribution in [0.5, 0.6) is 5.75 Å². The number of H-pyrrole nitrogens is 1. The molecule has 0 bridgehead atoms. The summed E-state index contributed by atoms with van der Waals surface area (Å²) < 4.78 is 40.6. The number of alkyl halides is 3. The lowest BCUT2D eigenvalue weighted by Gasteiger charge is -2.16. The second-order valence-corrected chi connectivity index (χ2v) is 6.20. The van der Waals surface area contributed by atoms with E-state index in [2.05, 4.69) is 14.7 Å². The number of Topliss-reactive ketones (excluding diaryl/α,β-unsaturated/α-hetero) is 1. The van der Waals surface area contributed by atoms with Crippen molar-refractivity contribution < 1.29 is 22.7 Å². The molecule has 0 unspecified atom stereocenters. The number of nitrogens with one attached hydrogen (secondary N) is 1. The Kier molecular flexibility index (Phi) is 6.24. The summed E-state index contributed by atoms with van der Waals surface area (Å²) in [5, 5.41) is 0. The highest BCUT2D eigenvalue weighted by Crippen LogP contribution is 2.28. The number of carbonyl (C=O) groups excluding carboxylic acids is 1. The molecule has 0 saturated carbocycles. The summed E-state index contributed by atoms with van der Waals surface area (Å²) in [7, 11) is 3.37. The van der Waals surface area contributed by atoms with Crippen LogP contribution in [0.25, 0.3) is 0 Å². The molecule has 1 atom stereocenters. The third kappa shape index (κ3) is 5.83. The summed E-state index contributed by atoms with van der Waals surface area (Å²) in [5.74, 6) is -0.583. The Morgan fingerprint density at radius 1 is 1.26 bits per heavy atom. The van der Waals surface area contributed by atoms with Crippen molar-refractivity contribution in [2.75, 3.05) is 19.0 Å². The van der Waals surface area contributed by atoms with Crippen LogP contribution in [-0.2, 0) is 0 Å². The smallest absolute Gasteiger partial charge is 0.406 e. The van der Waals surface area contributed by atoms with Gasteiger partial charge in [-0.2, -0.15) is 0 Å². The zero-order chi connectivity index (χ0) is 20.2. The maximum Gasteiger partial charge on any atom is 0.573 e. The molecule has 0 spiro atoms. The minimum atomic E-state index is -4.75. The third-order valence-corrected chi connectivity index (χ3v) is 3.95. The van der Waals surface area contributed by atoms with E-state index in [1.807, 2.05) is 6.92 Å². The Bertz CT molecular complexity index is 845. The Morgan fingerprint density at radius 3 is 2.41 bits per heavy atom. The summed E-state index contributed by atoms with van der Waals surface area (Å²) in [6, 6.07) is 6.57. The molecule has 0 aliphatic heterocycles. The van der Waals surface area contributed by atoms with Gasteiger partial charge < -0.3 is 9.64 Å². The van der Waals surface area contributed by atoms with E-state index in [1.165, 1.54) is 24.3 Å². The SMILES string of the molecule is CC[C@@H](CC(=O)c1cc(=O)[nH]c(N(C)C)n1)c1ccc(OC(F)(F)F)cc1. The van der Waals surface area contributed by atoms with Gasteiger partial charge in [-0.15, -0.1) is 13.2 Å². The van der Waals surface area contributed by atoms with Crippen LogP contribution in [0, 0.1) is 0 Å². The molecule has 1 heterocycles. The normalized spacial score (nSPS) is 12.5. The van der Waals surface area contributed by atoms with Crippen LogP contribution in [0.3, 0.4) is 0 Å². The molecule has 146 valence electrons. The van der Waals surface area contributed by atoms with Gasteiger partial charge in [0.15, 0.2) is 5.78 Å². The lowest BCUT2D eigenvalue weighted by molar-refractivity contribution is -0.274. The van der Waals surface area contributed by atoms with Gasteiger partial charge in [0, 0.05) is 26.6 Å². The monoisotopic (exact) mass is 383 g/mol. The Labute approximate surface area is 154 Å². The van der Waals surface area contributed by atoms with Crippen LogP contribution in [0.2, 0.25) is 0 Å². The first-order chi connectivity index (χ1) is 12.6. The minimum absolute atomic E-state index is 0.0536. The van der Waals surface area contributed by atoms with Crippen molar-refractivity contribution in [3.63, 3.8) is 0 Å². The fourth-order valence-corrected chi connectivity index (χ4v) is 2.57. The molecule has 1 N–H and O–H groups in total. The lowest BCUT2D eigenvalue weighted by atomic mass is 9.90. The number of ether oxygens (including phenoxy) is 1. The molecule has 0 radical (unpaired) electrons. The quantitative estimate of drug-likeness (QED) is 0.741. The van der Waals surface area contributed by atoms with E-state index in [4.69, 9.17) is 0 Å². The van der Waals surface area contributed by atoms with Crippen molar-refractivity contribution in [2.24, 2.45) is 0 Å². The topological polar surface area (TPSA) is 75.3 Å². The number of aromatic nitrogens is 2. The maximum absolute atomic E-state index is 12.6. The molecule has 1 aromatic carbocycles. The highest BCUT2D eigenvalue weighted by atomic mass is 19.4. The van der Waals surface area contributed by atoms with E-state index < -0.39 is 11.9 Å². The van der Waals surface area contributed by atoms with Gasteiger partial charge >= 0.3 is 6.36 Å². The van der Waals surface area contributed by atoms with Crippen LogP contribution < -0.4 is 15.2 Å². The first-order valence-electron chi connectivity index (χ1n) is 8.26. The summed E-state index contributed by atoms with van der Waals surface area (Å²) >= 11 is 0. The van der Waals surface area contributed by atoms with Gasteiger partial charge in [0.25, 0.3) is 5.56 Å². The molecule has 0 saturated heterocycles. The molecule has 0 aliphatic rings. The molecule has 9 heteroatoms. The predicted octanol–water partition coefficient (Wildman–Crippen LogP) is 3.50. The molecule has 0 fully saturated rings. The zero-order valence-corrected chi connectivity index (χ0v) is 15.1. The Balaban J connectivity index is 2.17. The molecular formula is C18H20F3N3O3. The van der Waals surface area contributed by atoms with Crippen molar-refractivity contribution in [1.82, 2.24) is 9.97 Å². The van der Waals surface area contributed by atoms with E-state index >= 15 is 0 Å². The maximum atomic E-state index is 12.6. The second-order valence-electron chi connectivity index (χ2n) is 6.20. The number of hydrogen-bond acceptors (Lipinski definition) is 5. The largest absolute Gasteiger partial charge is 0.573 e. The number of rotatable bonds is 7. The molecule has 1 aromatic heterocycles. The fourth-order valence-electron chi connectivity index (χ4n) is 2.57. The highest BCUT2D eigenvalue weighted by Gasteiger charge is 2.31. The van der Waals surface area contributed by atoms with Crippen LogP contribution in [0.1, 0.15) is 41.7 Å². The molecule has 0 amide bonds. The van der Waals surface area contributed by atoms with E-state index in [9.17, 15) is 22.8 Å². The summed E-state index contributed by atoms with van der Waals surface area (Å²) in [5.41, 5.74) is 0.328. The van der Waals surface area contributed by atoms with Gasteiger partial charge in [0.05, 0.1) is 0 Å². The molecule has 2 aromatic rings. The van der Waals surface area contributed by atoms with Gasteiger partial charge in [-0.1, -0.05) is 19.1 Å². The number of carbonyl (C=O) groups is 1. The van der Waals surface area contributed by atoms with Crippen molar-refractivity contribution in [3.05, 3.63) is 51.9 Å². The van der Waals surface area contributed by atoms with E-state index in [0.29, 0.717) is 12.0 Å². The number of benzene rings is 1. The highest BCUT2D eigenvalue weighted by molar-refractivity contribution is 5.94. The van der Waals surface area contributed by atoms with Crippen LogP contribution in [0.4, 0.5) is 19.1 Å². The fraction of sp³-hybridized carbons (Fsp3) is 0.389. The van der Waals surface area contributed by atoms with Crippen LogP contribution >= 0.6 is 0 Å². The number of hydrogen-bond donors (Lipinski definition) is 1. The Morgan fingerprint density at radius 2 is 1.89 bits per heavy atom. The minimum Gasteiger partial charge on any atom is -0.406 e. The second kappa shape index (κ2) is 8.24. The standard InChI is InChI=1S/C18H20F3N3O3/c1-4-11(12-5-7-13(8-6-12)27-18(19,20)21)9-15(25)14-10-16(26)23-17(22-14)24(2)3/h5-8,10-11H,4,9H2,1-3H3,(H,22,23,26)/t11-/m0/s1. The van der Waals surface area contributed by atoms with Gasteiger partial charge in [0.1, 0.15) is 11.4 Å². The van der Waals surface area contributed by atoms with Gasteiger partial charge in [-0.05, 0) is 30.0 Å². The molecular weight excluding hydrogens is 363 g/mol. The number of ketones is 1. The zero-order valence-electron chi connectivity index (χ0n) is 15.1. The summed E-state index contributed by atoms with van der Waals surface area (Å²) in [6.07, 6.45) is -4.08. The molecule has 6 nitrogen and oxygen atoms in total. The number of aromatic amines is 1. The molecule has 0 aliphatic carbocycles. The van der Waals surface area contributed by atoms with Crippen LogP contribution in [0.15, 0.2) is 35.1 Å². The van der Waals surface area contributed by atoms with Gasteiger partial charge in [-0.3, -0.25) is 14.6 Å². The molecule has 27 heavy (non-hydrogen) atoms. The van der Waals surface area contributed by atoms with Gasteiger partial charge in [-0.25, -0.2) is 4.98 Å². The van der Waals surface area contributed by atoms with E-state index in [0.717, 1.165) is 6.07 Å². The first kappa shape index (κ1) is 20.5. The van der Waals surface area contributed by atoms with E-state index in [1.54, 1.807) is 19.0 Å². The lowest BCUT2D eigenvalue weighted by Crippen LogP contribution is -2.21. The number of anilines is 1. The first-order valence-corrected chi connectivity index (χ1v) is 8.26. The number of nitrogens with zero attached hydrogens (tertiary/aromatic N) is 2. The summed E-state index contributed by atoms with van der Waals surface area (Å²) in [6.45, 7) is 1.87. The van der Waals surface area contributed by atoms with Crippen molar-refractivity contribution in [1.29, 1.82) is 0 Å². The van der Waals surface area contributed by atoms with Crippen molar-refractivity contribution in [2.45, 2.75) is 32.0 Å². The Hall–Kier alpha value is -2.84. The third-order valence-electron chi connectivity index (χ3n) is 3.95. The number of halogens is 3. The van der Waals surface area contributed by atoms with Crippen molar-refractivity contribution in [3.8, 4) is 5.75 Å². The van der Waals surface area contributed by atoms with Gasteiger partial charge in [0.2, 0.25) is 5.95 Å².